The lowest BCUT2D eigenvalue weighted by Crippen LogP contribution is -1.97. The van der Waals surface area contributed by atoms with E-state index in [1.807, 2.05) is 0 Å². The number of hydrogen-bond acceptors (Lipinski definition) is 2. The highest BCUT2D eigenvalue weighted by Gasteiger charge is 2.04. The number of aldehydes is 1. The van der Waals surface area contributed by atoms with E-state index in [1.54, 1.807) is 24.3 Å². The summed E-state index contributed by atoms with van der Waals surface area (Å²) in [6, 6.07) is 6.55. The summed E-state index contributed by atoms with van der Waals surface area (Å²) in [5, 5.41) is 0.364. The number of benzene rings is 1. The number of hydrogen-bond donors (Lipinski definition) is 0. The first-order chi connectivity index (χ1) is 6.63. The molecule has 0 heterocycles. The molecule has 4 heteroatoms. The van der Waals surface area contributed by atoms with Gasteiger partial charge >= 0.3 is 0 Å². The first-order valence-corrected chi connectivity index (χ1v) is 5.60. The number of rotatable bonds is 4. The van der Waals surface area contributed by atoms with E-state index in [1.165, 1.54) is 0 Å². The third kappa shape index (κ3) is 3.09. The Bertz CT molecular complexity index is 370. The molecule has 0 N–H and O–H groups in total. The predicted octanol–water partition coefficient (Wildman–Crippen LogP) is 2.36. The maximum absolute atomic E-state index is 11.5. The van der Waals surface area contributed by atoms with Gasteiger partial charge < -0.3 is 0 Å². The highest BCUT2D eigenvalue weighted by Crippen LogP contribution is 2.11. The largest absolute Gasteiger partial charge is 0.298 e. The van der Waals surface area contributed by atoms with Crippen molar-refractivity contribution in [3.05, 3.63) is 41.4 Å². The molecule has 0 aromatic heterocycles. The molecule has 0 spiro atoms. The lowest BCUT2D eigenvalue weighted by Gasteiger charge is -2.00. The van der Waals surface area contributed by atoms with E-state index in [4.69, 9.17) is 11.6 Å². The molecular formula is C10H9ClO2S. The molecule has 74 valence electrons. The van der Waals surface area contributed by atoms with Crippen LogP contribution in [0.1, 0.15) is 10.4 Å². The second-order valence-corrected chi connectivity index (χ2v) is 4.68. The van der Waals surface area contributed by atoms with Gasteiger partial charge in [-0.05, 0) is 12.1 Å². The molecule has 0 radical (unpaired) electrons. The fraction of sp³-hybridized carbons (Fsp3) is 0.100. The fourth-order valence-electron chi connectivity index (χ4n) is 0.924. The van der Waals surface area contributed by atoms with Gasteiger partial charge in [0, 0.05) is 15.5 Å². The van der Waals surface area contributed by atoms with Crippen molar-refractivity contribution in [2.24, 2.45) is 0 Å². The molecule has 1 atom stereocenters. The third-order valence-electron chi connectivity index (χ3n) is 1.57. The summed E-state index contributed by atoms with van der Waals surface area (Å²) in [7, 11) is -1.17. The second-order valence-electron chi connectivity index (χ2n) is 2.69. The van der Waals surface area contributed by atoms with Crippen molar-refractivity contribution in [3.8, 4) is 0 Å². The van der Waals surface area contributed by atoms with Crippen LogP contribution in [0.2, 0.25) is 0 Å². The van der Waals surface area contributed by atoms with E-state index < -0.39 is 10.8 Å². The summed E-state index contributed by atoms with van der Waals surface area (Å²) < 4.78 is 11.5. The Hall–Kier alpha value is -0.930. The van der Waals surface area contributed by atoms with Crippen molar-refractivity contribution in [2.45, 2.75) is 4.90 Å². The lowest BCUT2D eigenvalue weighted by molar-refractivity contribution is 0.112. The first kappa shape index (κ1) is 11.1. The molecule has 1 rings (SSSR count). The minimum absolute atomic E-state index is 0.238. The van der Waals surface area contributed by atoms with Crippen molar-refractivity contribution in [2.75, 3.05) is 5.75 Å². The molecule has 0 fully saturated rings. The predicted molar refractivity (Wildman–Crippen MR) is 58.1 cm³/mol. The molecule has 0 aliphatic heterocycles. The van der Waals surface area contributed by atoms with Crippen molar-refractivity contribution in [1.29, 1.82) is 0 Å². The van der Waals surface area contributed by atoms with Gasteiger partial charge in [0.1, 0.15) is 6.29 Å². The Labute approximate surface area is 90.0 Å². The Morgan fingerprint density at radius 2 is 2.00 bits per heavy atom. The summed E-state index contributed by atoms with van der Waals surface area (Å²) in [5.74, 6) is 0.238. The van der Waals surface area contributed by atoms with Gasteiger partial charge in [-0.1, -0.05) is 30.3 Å². The molecule has 0 bridgehead atoms. The summed E-state index contributed by atoms with van der Waals surface area (Å²) in [5.41, 5.74) is 0.565. The average molecular weight is 229 g/mol. The first-order valence-electron chi connectivity index (χ1n) is 3.90. The summed E-state index contributed by atoms with van der Waals surface area (Å²) in [4.78, 5) is 11.0. The summed E-state index contributed by atoms with van der Waals surface area (Å²) in [6.45, 7) is 3.47. The average Bonchev–Trinajstić information content (AvgIpc) is 2.17. The van der Waals surface area contributed by atoms with Crippen LogP contribution in [0.3, 0.4) is 0 Å². The minimum Gasteiger partial charge on any atom is -0.298 e. The maximum Gasteiger partial charge on any atom is 0.150 e. The van der Waals surface area contributed by atoms with Crippen LogP contribution in [0.4, 0.5) is 0 Å². The SMILES string of the molecule is C=C(Cl)CS(=O)c1ccc(C=O)cc1. The van der Waals surface area contributed by atoms with Crippen molar-refractivity contribution < 1.29 is 9.00 Å². The van der Waals surface area contributed by atoms with Gasteiger partial charge in [0.15, 0.2) is 0 Å². The molecule has 1 unspecified atom stereocenters. The van der Waals surface area contributed by atoms with Gasteiger partial charge in [0.2, 0.25) is 0 Å². The highest BCUT2D eigenvalue weighted by atomic mass is 35.5. The van der Waals surface area contributed by atoms with Crippen molar-refractivity contribution in [1.82, 2.24) is 0 Å². The Morgan fingerprint density at radius 1 is 1.43 bits per heavy atom. The molecular weight excluding hydrogens is 220 g/mol. The van der Waals surface area contributed by atoms with Gasteiger partial charge in [0.05, 0.1) is 16.6 Å². The molecule has 0 amide bonds. The van der Waals surface area contributed by atoms with Crippen LogP contribution in [0.15, 0.2) is 40.8 Å². The lowest BCUT2D eigenvalue weighted by atomic mass is 10.2. The zero-order valence-electron chi connectivity index (χ0n) is 7.40. The van der Waals surface area contributed by atoms with Gasteiger partial charge in [-0.25, -0.2) is 0 Å². The topological polar surface area (TPSA) is 34.1 Å². The van der Waals surface area contributed by atoms with Gasteiger partial charge in [-0.3, -0.25) is 9.00 Å². The van der Waals surface area contributed by atoms with E-state index in [0.29, 0.717) is 15.5 Å². The Kier molecular flexibility index (Phi) is 4.04. The third-order valence-corrected chi connectivity index (χ3v) is 3.27. The van der Waals surface area contributed by atoms with Crippen LogP contribution < -0.4 is 0 Å². The normalized spacial score (nSPS) is 12.1. The van der Waals surface area contributed by atoms with E-state index in [-0.39, 0.29) is 5.75 Å². The maximum atomic E-state index is 11.5. The zero-order chi connectivity index (χ0) is 10.6. The molecule has 0 aliphatic carbocycles. The second kappa shape index (κ2) is 5.08. The molecule has 1 aromatic carbocycles. The van der Waals surface area contributed by atoms with Crippen LogP contribution in [-0.2, 0) is 10.8 Å². The monoisotopic (exact) mass is 228 g/mol. The highest BCUT2D eigenvalue weighted by molar-refractivity contribution is 7.85. The van der Waals surface area contributed by atoms with E-state index >= 15 is 0 Å². The fourth-order valence-corrected chi connectivity index (χ4v) is 2.11. The van der Waals surface area contributed by atoms with Crippen molar-refractivity contribution in [3.63, 3.8) is 0 Å². The molecule has 1 aromatic rings. The van der Waals surface area contributed by atoms with E-state index in [9.17, 15) is 9.00 Å². The van der Waals surface area contributed by atoms with E-state index in [0.717, 1.165) is 6.29 Å². The van der Waals surface area contributed by atoms with Gasteiger partial charge in [-0.15, -0.1) is 0 Å². The summed E-state index contributed by atoms with van der Waals surface area (Å²) >= 11 is 5.54. The van der Waals surface area contributed by atoms with Gasteiger partial charge in [0.25, 0.3) is 0 Å². The quantitative estimate of drug-likeness (QED) is 0.742. The molecule has 0 aliphatic rings. The number of carbonyl (C=O) groups is 1. The Balaban J connectivity index is 2.81. The summed E-state index contributed by atoms with van der Waals surface area (Å²) in [6.07, 6.45) is 0.743. The van der Waals surface area contributed by atoms with Crippen LogP contribution in [0.25, 0.3) is 0 Å². The van der Waals surface area contributed by atoms with E-state index in [2.05, 4.69) is 6.58 Å². The van der Waals surface area contributed by atoms with Crippen LogP contribution >= 0.6 is 11.6 Å². The number of halogens is 1. The molecule has 0 saturated heterocycles. The standard InChI is InChI=1S/C10H9ClO2S/c1-8(11)7-14(13)10-4-2-9(6-12)3-5-10/h2-6H,1,7H2. The minimum atomic E-state index is -1.17. The molecule has 14 heavy (non-hydrogen) atoms. The molecule has 0 saturated carbocycles. The molecule has 2 nitrogen and oxygen atoms in total. The van der Waals surface area contributed by atoms with Crippen molar-refractivity contribution >= 4 is 28.7 Å². The van der Waals surface area contributed by atoms with Crippen LogP contribution in [-0.4, -0.2) is 16.2 Å². The number of carbonyl (C=O) groups excluding carboxylic acids is 1. The van der Waals surface area contributed by atoms with Crippen LogP contribution in [0.5, 0.6) is 0 Å². The zero-order valence-corrected chi connectivity index (χ0v) is 8.98. The van der Waals surface area contributed by atoms with Gasteiger partial charge in [-0.2, -0.15) is 0 Å². The smallest absolute Gasteiger partial charge is 0.150 e. The Morgan fingerprint density at radius 3 is 2.43 bits per heavy atom. The van der Waals surface area contributed by atoms with Crippen LogP contribution in [0, 0.1) is 0 Å².